The summed E-state index contributed by atoms with van der Waals surface area (Å²) in [6.45, 7) is 4.46. The van der Waals surface area contributed by atoms with Crippen molar-refractivity contribution in [2.45, 2.75) is 77.2 Å². The molecule has 2 heterocycles. The van der Waals surface area contributed by atoms with Gasteiger partial charge in [-0.05, 0) is 49.8 Å². The Bertz CT molecular complexity index is 785. The van der Waals surface area contributed by atoms with Gasteiger partial charge in [0.05, 0.1) is 12.2 Å². The molecule has 1 aromatic carbocycles. The normalized spacial score (nSPS) is 21.4. The van der Waals surface area contributed by atoms with E-state index in [9.17, 15) is 9.59 Å². The van der Waals surface area contributed by atoms with E-state index in [0.717, 1.165) is 69.3 Å². The van der Waals surface area contributed by atoms with Crippen molar-refractivity contribution in [2.75, 3.05) is 19.7 Å². The molecule has 2 amide bonds. The van der Waals surface area contributed by atoms with Crippen LogP contribution in [0.15, 0.2) is 30.0 Å². The first-order valence-corrected chi connectivity index (χ1v) is 11.8. The highest BCUT2D eigenvalue weighted by atomic mass is 16.5. The van der Waals surface area contributed by atoms with Crippen LogP contribution in [0.4, 0.5) is 0 Å². The van der Waals surface area contributed by atoms with Crippen molar-refractivity contribution in [3.63, 3.8) is 0 Å². The minimum absolute atomic E-state index is 0.0348. The van der Waals surface area contributed by atoms with E-state index in [1.807, 2.05) is 24.3 Å². The van der Waals surface area contributed by atoms with Crippen molar-refractivity contribution >= 4 is 17.4 Å². The van der Waals surface area contributed by atoms with Crippen molar-refractivity contribution < 1.29 is 14.3 Å². The topological polar surface area (TPSA) is 49.9 Å². The summed E-state index contributed by atoms with van der Waals surface area (Å²) in [5.41, 5.74) is 2.04. The molecule has 2 aliphatic heterocycles. The van der Waals surface area contributed by atoms with Gasteiger partial charge in [-0.1, -0.05) is 51.2 Å². The Morgan fingerprint density at radius 1 is 0.867 bits per heavy atom. The molecule has 3 aliphatic rings. The lowest BCUT2D eigenvalue weighted by molar-refractivity contribution is -0.140. The third-order valence-corrected chi connectivity index (χ3v) is 6.57. The van der Waals surface area contributed by atoms with Crippen molar-refractivity contribution in [3.8, 4) is 5.75 Å². The lowest BCUT2D eigenvalue weighted by atomic mass is 9.95. The van der Waals surface area contributed by atoms with Crippen LogP contribution in [0.2, 0.25) is 0 Å². The Hall–Kier alpha value is -2.30. The Labute approximate surface area is 180 Å². The third kappa shape index (κ3) is 4.26. The summed E-state index contributed by atoms with van der Waals surface area (Å²) in [5.74, 6) is 0.626. The molecule has 5 nitrogen and oxygen atoms in total. The quantitative estimate of drug-likeness (QED) is 0.634. The molecule has 30 heavy (non-hydrogen) atoms. The molecule has 5 heteroatoms. The summed E-state index contributed by atoms with van der Waals surface area (Å²) in [5, 5.41) is 0. The number of hydrogen-bond donors (Lipinski definition) is 0. The summed E-state index contributed by atoms with van der Waals surface area (Å²) in [7, 11) is 0. The highest BCUT2D eigenvalue weighted by Crippen LogP contribution is 2.37. The third-order valence-electron chi connectivity index (χ3n) is 6.57. The average Bonchev–Trinajstić information content (AvgIpc) is 3.34. The molecular weight excluding hydrogens is 376 g/mol. The summed E-state index contributed by atoms with van der Waals surface area (Å²) < 4.78 is 5.70. The maximum atomic E-state index is 13.6. The molecule has 4 rings (SSSR count). The Kier molecular flexibility index (Phi) is 6.76. The van der Waals surface area contributed by atoms with Gasteiger partial charge in [0.25, 0.3) is 11.8 Å². The molecule has 0 bridgehead atoms. The number of imide groups is 1. The highest BCUT2D eigenvalue weighted by Gasteiger charge is 2.44. The first-order valence-electron chi connectivity index (χ1n) is 11.8. The van der Waals surface area contributed by atoms with Crippen LogP contribution in [-0.2, 0) is 9.59 Å². The first-order chi connectivity index (χ1) is 14.7. The van der Waals surface area contributed by atoms with Gasteiger partial charge in [0.2, 0.25) is 0 Å². The van der Waals surface area contributed by atoms with Crippen molar-refractivity contribution in [2.24, 2.45) is 0 Å². The minimum atomic E-state index is -0.102. The molecule has 1 aromatic rings. The molecule has 0 N–H and O–H groups in total. The fourth-order valence-electron chi connectivity index (χ4n) is 4.99. The number of benzene rings is 1. The standard InChI is InChI=1S/C25H34N2O3/c1-2-18-30-21-14-12-19(13-15-21)22-23(26-16-8-9-17-26)25(29)27(24(22)28)20-10-6-4-3-5-7-11-20/h12-15,20H,2-11,16-18H2,1H3. The predicted octanol–water partition coefficient (Wildman–Crippen LogP) is 4.76. The second-order valence-electron chi connectivity index (χ2n) is 8.77. The van der Waals surface area contributed by atoms with Gasteiger partial charge < -0.3 is 9.64 Å². The molecule has 0 radical (unpaired) electrons. The maximum Gasteiger partial charge on any atom is 0.278 e. The molecule has 0 aromatic heterocycles. The number of carbonyl (C=O) groups excluding carboxylic acids is 2. The van der Waals surface area contributed by atoms with E-state index < -0.39 is 0 Å². The number of ether oxygens (including phenoxy) is 1. The summed E-state index contributed by atoms with van der Waals surface area (Å²) in [4.78, 5) is 30.9. The molecule has 0 spiro atoms. The zero-order valence-electron chi connectivity index (χ0n) is 18.2. The molecule has 0 atom stereocenters. The second-order valence-corrected chi connectivity index (χ2v) is 8.77. The van der Waals surface area contributed by atoms with Crippen molar-refractivity contribution in [1.82, 2.24) is 9.80 Å². The van der Waals surface area contributed by atoms with Gasteiger partial charge in [-0.3, -0.25) is 14.5 Å². The van der Waals surface area contributed by atoms with Gasteiger partial charge in [0, 0.05) is 19.1 Å². The molecule has 162 valence electrons. The zero-order valence-corrected chi connectivity index (χ0v) is 18.2. The number of carbonyl (C=O) groups is 2. The van der Waals surface area contributed by atoms with Gasteiger partial charge in [-0.15, -0.1) is 0 Å². The molecule has 0 unspecified atom stereocenters. The zero-order chi connectivity index (χ0) is 20.9. The van der Waals surface area contributed by atoms with E-state index in [-0.39, 0.29) is 17.9 Å². The van der Waals surface area contributed by atoms with E-state index in [0.29, 0.717) is 17.9 Å². The predicted molar refractivity (Wildman–Crippen MR) is 118 cm³/mol. The largest absolute Gasteiger partial charge is 0.494 e. The number of rotatable bonds is 6. The van der Waals surface area contributed by atoms with E-state index in [4.69, 9.17) is 4.74 Å². The van der Waals surface area contributed by atoms with Crippen LogP contribution < -0.4 is 4.74 Å². The first kappa shape index (κ1) is 21.0. The summed E-state index contributed by atoms with van der Waals surface area (Å²) >= 11 is 0. The minimum Gasteiger partial charge on any atom is -0.494 e. The van der Waals surface area contributed by atoms with Gasteiger partial charge in [0.15, 0.2) is 0 Å². The summed E-state index contributed by atoms with van der Waals surface area (Å²) in [6, 6.07) is 7.73. The monoisotopic (exact) mass is 410 g/mol. The van der Waals surface area contributed by atoms with Gasteiger partial charge in [-0.25, -0.2) is 0 Å². The number of likely N-dealkylation sites (tertiary alicyclic amines) is 1. The molecule has 2 fully saturated rings. The van der Waals surface area contributed by atoms with Crippen LogP contribution in [-0.4, -0.2) is 47.4 Å². The molecule has 1 saturated carbocycles. The van der Waals surface area contributed by atoms with Crippen LogP contribution in [0.25, 0.3) is 5.57 Å². The van der Waals surface area contributed by atoms with E-state index >= 15 is 0 Å². The number of nitrogens with zero attached hydrogens (tertiary/aromatic N) is 2. The maximum absolute atomic E-state index is 13.6. The lowest BCUT2D eigenvalue weighted by Crippen LogP contribution is -2.42. The van der Waals surface area contributed by atoms with Crippen LogP contribution in [0.5, 0.6) is 5.75 Å². The van der Waals surface area contributed by atoms with Crippen LogP contribution >= 0.6 is 0 Å². The highest BCUT2D eigenvalue weighted by molar-refractivity contribution is 6.35. The Balaban J connectivity index is 1.65. The van der Waals surface area contributed by atoms with E-state index in [2.05, 4.69) is 11.8 Å². The van der Waals surface area contributed by atoms with Gasteiger partial charge in [-0.2, -0.15) is 0 Å². The molecule has 1 aliphatic carbocycles. The SMILES string of the molecule is CCCOc1ccc(C2=C(N3CCCC3)C(=O)N(C3CCCCCCC3)C2=O)cc1. The van der Waals surface area contributed by atoms with Crippen LogP contribution in [0.1, 0.15) is 76.7 Å². The Morgan fingerprint density at radius 3 is 2.13 bits per heavy atom. The van der Waals surface area contributed by atoms with Crippen LogP contribution in [0.3, 0.4) is 0 Å². The molecular formula is C25H34N2O3. The Morgan fingerprint density at radius 2 is 1.50 bits per heavy atom. The van der Waals surface area contributed by atoms with Crippen molar-refractivity contribution in [1.29, 1.82) is 0 Å². The van der Waals surface area contributed by atoms with Crippen LogP contribution in [0, 0.1) is 0 Å². The number of hydrogen-bond acceptors (Lipinski definition) is 4. The van der Waals surface area contributed by atoms with E-state index in [1.54, 1.807) is 4.90 Å². The van der Waals surface area contributed by atoms with E-state index in [1.165, 1.54) is 19.3 Å². The smallest absolute Gasteiger partial charge is 0.278 e. The molecule has 1 saturated heterocycles. The van der Waals surface area contributed by atoms with Gasteiger partial charge in [0.1, 0.15) is 11.4 Å². The fourth-order valence-corrected chi connectivity index (χ4v) is 4.99. The average molecular weight is 411 g/mol. The number of amides is 2. The van der Waals surface area contributed by atoms with Gasteiger partial charge >= 0.3 is 0 Å². The van der Waals surface area contributed by atoms with Crippen molar-refractivity contribution in [3.05, 3.63) is 35.5 Å². The second kappa shape index (κ2) is 9.67. The summed E-state index contributed by atoms with van der Waals surface area (Å²) in [6.07, 6.45) is 10.8. The fraction of sp³-hybridized carbons (Fsp3) is 0.600. The lowest BCUT2D eigenvalue weighted by Gasteiger charge is -2.29.